The van der Waals surface area contributed by atoms with E-state index in [1.807, 2.05) is 26.0 Å². The van der Waals surface area contributed by atoms with Gasteiger partial charge in [-0.15, -0.1) is 10.2 Å². The van der Waals surface area contributed by atoms with E-state index in [1.165, 1.54) is 0 Å². The van der Waals surface area contributed by atoms with Gasteiger partial charge in [0.1, 0.15) is 11.9 Å². The van der Waals surface area contributed by atoms with Gasteiger partial charge in [0.05, 0.1) is 21.3 Å². The van der Waals surface area contributed by atoms with E-state index in [0.29, 0.717) is 0 Å². The predicted octanol–water partition coefficient (Wildman–Crippen LogP) is 2.92. The number of H-pyrrole nitrogens is 1. The minimum absolute atomic E-state index is 0.0715. The minimum atomic E-state index is -0.353. The van der Waals surface area contributed by atoms with Crippen molar-refractivity contribution in [1.82, 2.24) is 15.2 Å². The molecule has 0 atom stereocenters. The van der Waals surface area contributed by atoms with Crippen molar-refractivity contribution >= 4 is 44.0 Å². The summed E-state index contributed by atoms with van der Waals surface area (Å²) in [6.45, 7) is 3.92. The highest BCUT2D eigenvalue weighted by atomic mass is 79.9. The van der Waals surface area contributed by atoms with Gasteiger partial charge < -0.3 is 4.74 Å². The third-order valence-corrected chi connectivity index (χ3v) is 3.51. The van der Waals surface area contributed by atoms with Gasteiger partial charge in [-0.05, 0) is 63.4 Å². The number of anilines is 1. The minimum Gasteiger partial charge on any atom is -0.489 e. The van der Waals surface area contributed by atoms with Crippen LogP contribution in [-0.2, 0) is 0 Å². The molecule has 1 heterocycles. The van der Waals surface area contributed by atoms with Crippen LogP contribution in [0.15, 0.2) is 37.2 Å². The maximum Gasteiger partial charge on any atom is 0.271 e. The summed E-state index contributed by atoms with van der Waals surface area (Å²) in [5.41, 5.74) is 3.07. The normalized spacial score (nSPS) is 11.1. The van der Waals surface area contributed by atoms with Crippen LogP contribution < -0.4 is 15.7 Å². The van der Waals surface area contributed by atoms with Gasteiger partial charge in [0, 0.05) is 0 Å². The molecule has 0 aliphatic carbocycles. The second-order valence-corrected chi connectivity index (χ2v) is 6.24. The molecule has 0 bridgehead atoms. The van der Waals surface area contributed by atoms with Crippen LogP contribution in [0.5, 0.6) is 5.75 Å². The van der Waals surface area contributed by atoms with E-state index in [4.69, 9.17) is 4.74 Å². The van der Waals surface area contributed by atoms with Crippen molar-refractivity contribution in [3.63, 3.8) is 0 Å². The van der Waals surface area contributed by atoms with Crippen LogP contribution in [0, 0.1) is 0 Å². The van der Waals surface area contributed by atoms with Crippen molar-refractivity contribution in [3.8, 4) is 5.75 Å². The Morgan fingerprint density at radius 1 is 1.36 bits per heavy atom. The van der Waals surface area contributed by atoms with Crippen molar-refractivity contribution in [2.24, 2.45) is 5.10 Å². The fraction of sp³-hybridized carbons (Fsp3) is 0.231. The number of aromatic nitrogens is 3. The van der Waals surface area contributed by atoms with Gasteiger partial charge in [0.15, 0.2) is 0 Å². The summed E-state index contributed by atoms with van der Waals surface area (Å²) in [5, 5.41) is 11.2. The molecule has 22 heavy (non-hydrogen) atoms. The first kappa shape index (κ1) is 16.6. The Labute approximate surface area is 143 Å². The highest BCUT2D eigenvalue weighted by molar-refractivity contribution is 9.11. The van der Waals surface area contributed by atoms with Crippen LogP contribution in [0.2, 0.25) is 0 Å². The molecule has 116 valence electrons. The lowest BCUT2D eigenvalue weighted by atomic mass is 10.2. The quantitative estimate of drug-likeness (QED) is 0.562. The Kier molecular flexibility index (Phi) is 5.67. The average Bonchev–Trinajstić information content (AvgIpc) is 2.43. The Morgan fingerprint density at radius 3 is 2.64 bits per heavy atom. The number of hydrazone groups is 1. The van der Waals surface area contributed by atoms with E-state index in [9.17, 15) is 4.79 Å². The molecule has 1 aromatic heterocycles. The lowest BCUT2D eigenvalue weighted by Crippen LogP contribution is -2.10. The van der Waals surface area contributed by atoms with E-state index in [1.54, 1.807) is 6.21 Å². The molecule has 0 radical (unpaired) electrons. The molecule has 0 fully saturated rings. The van der Waals surface area contributed by atoms with Gasteiger partial charge in [-0.1, -0.05) is 0 Å². The van der Waals surface area contributed by atoms with Crippen LogP contribution >= 0.6 is 31.9 Å². The monoisotopic (exact) mass is 429 g/mol. The molecule has 0 saturated heterocycles. The largest absolute Gasteiger partial charge is 0.489 e. The Bertz CT molecular complexity index is 722. The Hall–Kier alpha value is -1.74. The molecule has 7 nitrogen and oxygen atoms in total. The number of aromatic amines is 1. The number of nitrogens with zero attached hydrogens (tertiary/aromatic N) is 3. The molecule has 1 aromatic carbocycles. The molecule has 2 aromatic rings. The van der Waals surface area contributed by atoms with Gasteiger partial charge in [0.2, 0.25) is 5.95 Å². The highest BCUT2D eigenvalue weighted by Crippen LogP contribution is 2.35. The molecule has 0 spiro atoms. The molecular formula is C13H13Br2N5O2. The van der Waals surface area contributed by atoms with E-state index < -0.39 is 0 Å². The van der Waals surface area contributed by atoms with Gasteiger partial charge in [0.25, 0.3) is 5.56 Å². The first-order chi connectivity index (χ1) is 10.5. The van der Waals surface area contributed by atoms with Crippen molar-refractivity contribution in [2.75, 3.05) is 5.43 Å². The molecule has 2 N–H and O–H groups in total. The SMILES string of the molecule is CC(C)Oc1c(Br)cc(/C=N/Nc2nncc(=O)[nH]2)cc1Br. The Morgan fingerprint density at radius 2 is 2.05 bits per heavy atom. The predicted molar refractivity (Wildman–Crippen MR) is 91.5 cm³/mol. The number of benzene rings is 1. The van der Waals surface area contributed by atoms with Crippen LogP contribution in [0.4, 0.5) is 5.95 Å². The molecule has 0 amide bonds. The summed E-state index contributed by atoms with van der Waals surface area (Å²) >= 11 is 6.93. The highest BCUT2D eigenvalue weighted by Gasteiger charge is 2.09. The van der Waals surface area contributed by atoms with Crippen molar-refractivity contribution < 1.29 is 4.74 Å². The van der Waals surface area contributed by atoms with Gasteiger partial charge >= 0.3 is 0 Å². The average molecular weight is 431 g/mol. The summed E-state index contributed by atoms with van der Waals surface area (Å²) in [5.74, 6) is 0.903. The summed E-state index contributed by atoms with van der Waals surface area (Å²) in [7, 11) is 0. The molecule has 9 heteroatoms. The van der Waals surface area contributed by atoms with Crippen LogP contribution in [0.3, 0.4) is 0 Å². The summed E-state index contributed by atoms with van der Waals surface area (Å²) in [6, 6.07) is 3.74. The first-order valence-electron chi connectivity index (χ1n) is 6.32. The zero-order valence-corrected chi connectivity index (χ0v) is 15.0. The number of rotatable bonds is 5. The molecule has 0 saturated carbocycles. The smallest absolute Gasteiger partial charge is 0.271 e. The van der Waals surface area contributed by atoms with E-state index in [-0.39, 0.29) is 17.6 Å². The number of ether oxygens (including phenoxy) is 1. The molecule has 0 unspecified atom stereocenters. The van der Waals surface area contributed by atoms with Gasteiger partial charge in [-0.3, -0.25) is 9.78 Å². The number of halogens is 2. The van der Waals surface area contributed by atoms with Crippen LogP contribution in [0.1, 0.15) is 19.4 Å². The number of hydrogen-bond donors (Lipinski definition) is 2. The standard InChI is InChI=1S/C13H13Br2N5O2/c1-7(2)22-12-9(14)3-8(4-10(12)15)5-16-19-13-18-11(21)6-17-20-13/h3-7H,1-2H3,(H2,18,19,20,21)/b16-5+. The topological polar surface area (TPSA) is 92.3 Å². The lowest BCUT2D eigenvalue weighted by Gasteiger charge is -2.13. The zero-order chi connectivity index (χ0) is 16.1. The first-order valence-corrected chi connectivity index (χ1v) is 7.91. The third-order valence-electron chi connectivity index (χ3n) is 2.33. The van der Waals surface area contributed by atoms with Crippen LogP contribution in [0.25, 0.3) is 0 Å². The second kappa shape index (κ2) is 7.50. The van der Waals surface area contributed by atoms with Crippen molar-refractivity contribution in [3.05, 3.63) is 43.2 Å². The maximum atomic E-state index is 11.1. The maximum absolute atomic E-state index is 11.1. The van der Waals surface area contributed by atoms with Gasteiger partial charge in [-0.25, -0.2) is 5.43 Å². The lowest BCUT2D eigenvalue weighted by molar-refractivity contribution is 0.239. The fourth-order valence-corrected chi connectivity index (χ4v) is 2.94. The Balaban J connectivity index is 2.13. The molecule has 0 aliphatic heterocycles. The molecular weight excluding hydrogens is 418 g/mol. The zero-order valence-electron chi connectivity index (χ0n) is 11.8. The number of hydrogen-bond acceptors (Lipinski definition) is 6. The summed E-state index contributed by atoms with van der Waals surface area (Å²) < 4.78 is 7.33. The van der Waals surface area contributed by atoms with Crippen molar-refractivity contribution in [1.29, 1.82) is 0 Å². The van der Waals surface area contributed by atoms with E-state index in [0.717, 1.165) is 26.5 Å². The van der Waals surface area contributed by atoms with E-state index >= 15 is 0 Å². The third kappa shape index (κ3) is 4.63. The fourth-order valence-electron chi connectivity index (χ4n) is 1.53. The second-order valence-electron chi connectivity index (χ2n) is 4.53. The summed E-state index contributed by atoms with van der Waals surface area (Å²) in [6.07, 6.45) is 2.74. The molecule has 0 aliphatic rings. The van der Waals surface area contributed by atoms with Gasteiger partial charge in [-0.2, -0.15) is 5.10 Å². The van der Waals surface area contributed by atoms with Crippen molar-refractivity contribution in [2.45, 2.75) is 20.0 Å². The molecule has 2 rings (SSSR count). The number of nitrogens with one attached hydrogen (secondary N) is 2. The van der Waals surface area contributed by atoms with Crippen LogP contribution in [-0.4, -0.2) is 27.5 Å². The summed E-state index contributed by atoms with van der Waals surface area (Å²) in [4.78, 5) is 13.5. The van der Waals surface area contributed by atoms with E-state index in [2.05, 4.69) is 57.6 Å².